The van der Waals surface area contributed by atoms with E-state index in [1.807, 2.05) is 31.1 Å². The number of thiazole rings is 1. The molecule has 1 saturated carbocycles. The minimum absolute atomic E-state index is 0.0642. The van der Waals surface area contributed by atoms with Gasteiger partial charge in [-0.2, -0.15) is 0 Å². The normalized spacial score (nSPS) is 20.9. The van der Waals surface area contributed by atoms with Crippen LogP contribution >= 0.6 is 11.3 Å². The Hall–Kier alpha value is -1.47. The largest absolute Gasteiger partial charge is 0.354 e. The molecule has 2 fully saturated rings. The Morgan fingerprint density at radius 2 is 1.82 bits per heavy atom. The molecule has 1 aromatic heterocycles. The van der Waals surface area contributed by atoms with E-state index >= 15 is 0 Å². The van der Waals surface area contributed by atoms with Gasteiger partial charge in [0, 0.05) is 29.6 Å². The first-order valence-electron chi connectivity index (χ1n) is 10.7. The highest BCUT2D eigenvalue weighted by molar-refractivity contribution is 7.13. The van der Waals surface area contributed by atoms with Crippen molar-refractivity contribution < 1.29 is 9.59 Å². The fourth-order valence-electron chi connectivity index (χ4n) is 4.41. The zero-order valence-corrected chi connectivity index (χ0v) is 18.2. The lowest BCUT2D eigenvalue weighted by Crippen LogP contribution is -2.54. The summed E-state index contributed by atoms with van der Waals surface area (Å²) < 4.78 is 0. The molecule has 0 radical (unpaired) electrons. The first-order valence-corrected chi connectivity index (χ1v) is 11.6. The Bertz CT molecular complexity index is 635. The molecule has 1 aromatic rings. The molecule has 1 atom stereocenters. The van der Waals surface area contributed by atoms with Crippen LogP contribution in [0, 0.1) is 5.92 Å². The molecule has 1 N–H and O–H groups in total. The second kappa shape index (κ2) is 9.83. The van der Waals surface area contributed by atoms with Gasteiger partial charge in [-0.1, -0.05) is 19.3 Å². The molecule has 1 saturated heterocycles. The number of hydrogen-bond acceptors (Lipinski definition) is 5. The van der Waals surface area contributed by atoms with Crippen LogP contribution in [0.5, 0.6) is 0 Å². The van der Waals surface area contributed by atoms with Crippen molar-refractivity contribution in [2.75, 3.05) is 18.0 Å². The lowest BCUT2D eigenvalue weighted by atomic mass is 9.93. The van der Waals surface area contributed by atoms with E-state index in [1.54, 1.807) is 17.5 Å². The van der Waals surface area contributed by atoms with Gasteiger partial charge in [0.2, 0.25) is 11.8 Å². The van der Waals surface area contributed by atoms with E-state index in [-0.39, 0.29) is 35.9 Å². The number of carbonyl (C=O) groups is 2. The van der Waals surface area contributed by atoms with E-state index in [4.69, 9.17) is 0 Å². The number of carbonyl (C=O) groups excluding carboxylic acids is 2. The molecule has 0 spiro atoms. The quantitative estimate of drug-likeness (QED) is 0.786. The summed E-state index contributed by atoms with van der Waals surface area (Å²) in [5.41, 5.74) is 0. The number of hydrogen-bond donors (Lipinski definition) is 1. The van der Waals surface area contributed by atoms with Gasteiger partial charge >= 0.3 is 0 Å². The molecule has 7 heteroatoms. The van der Waals surface area contributed by atoms with Crippen LogP contribution in [0.15, 0.2) is 11.6 Å². The van der Waals surface area contributed by atoms with E-state index in [2.05, 4.69) is 15.2 Å². The van der Waals surface area contributed by atoms with Crippen molar-refractivity contribution in [3.05, 3.63) is 11.6 Å². The monoisotopic (exact) mass is 406 g/mol. The number of nitrogens with zero attached hydrogens (tertiary/aromatic N) is 3. The van der Waals surface area contributed by atoms with E-state index in [0.717, 1.165) is 43.9 Å². The molecule has 156 valence electrons. The maximum atomic E-state index is 13.5. The minimum Gasteiger partial charge on any atom is -0.354 e. The summed E-state index contributed by atoms with van der Waals surface area (Å²) in [5, 5.41) is 5.79. The highest BCUT2D eigenvalue weighted by atomic mass is 32.1. The molecule has 0 bridgehead atoms. The van der Waals surface area contributed by atoms with E-state index in [0.29, 0.717) is 0 Å². The molecular formula is C21H34N4O2S. The van der Waals surface area contributed by atoms with Gasteiger partial charge in [0.05, 0.1) is 6.04 Å². The van der Waals surface area contributed by atoms with Crippen LogP contribution in [0.3, 0.4) is 0 Å². The molecule has 1 unspecified atom stereocenters. The topological polar surface area (TPSA) is 65.5 Å². The lowest BCUT2D eigenvalue weighted by molar-refractivity contribution is -0.128. The minimum atomic E-state index is -0.181. The Morgan fingerprint density at radius 1 is 1.14 bits per heavy atom. The summed E-state index contributed by atoms with van der Waals surface area (Å²) in [6.07, 6.45) is 9.18. The molecule has 1 aliphatic carbocycles. The van der Waals surface area contributed by atoms with Crippen LogP contribution in [0.1, 0.15) is 65.7 Å². The maximum Gasteiger partial charge on any atom is 0.246 e. The second-order valence-corrected chi connectivity index (χ2v) is 9.34. The van der Waals surface area contributed by atoms with Crippen LogP contribution in [-0.4, -0.2) is 52.9 Å². The Morgan fingerprint density at radius 3 is 2.39 bits per heavy atom. The molecule has 1 aliphatic heterocycles. The first kappa shape index (κ1) is 21.2. The third kappa shape index (κ3) is 5.11. The number of piperidine rings is 1. The summed E-state index contributed by atoms with van der Waals surface area (Å²) in [5.74, 6) is 0.376. The van der Waals surface area contributed by atoms with Crippen molar-refractivity contribution in [2.24, 2.45) is 5.92 Å². The van der Waals surface area contributed by atoms with E-state index in [9.17, 15) is 9.59 Å². The van der Waals surface area contributed by atoms with Gasteiger partial charge < -0.3 is 5.32 Å². The predicted molar refractivity (Wildman–Crippen MR) is 114 cm³/mol. The molecule has 2 aliphatic rings. The van der Waals surface area contributed by atoms with E-state index in [1.165, 1.54) is 19.3 Å². The van der Waals surface area contributed by atoms with Gasteiger partial charge in [-0.3, -0.25) is 19.4 Å². The molecule has 0 aromatic carbocycles. The predicted octanol–water partition coefficient (Wildman–Crippen LogP) is 3.43. The van der Waals surface area contributed by atoms with Crippen molar-refractivity contribution in [2.45, 2.75) is 83.8 Å². The Kier molecular flexibility index (Phi) is 7.46. The zero-order chi connectivity index (χ0) is 20.1. The smallest absolute Gasteiger partial charge is 0.246 e. The first-order chi connectivity index (χ1) is 13.5. The number of amides is 2. The van der Waals surface area contributed by atoms with Gasteiger partial charge in [-0.25, -0.2) is 4.98 Å². The van der Waals surface area contributed by atoms with Gasteiger partial charge in [-0.05, 0) is 59.5 Å². The second-order valence-electron chi connectivity index (χ2n) is 8.46. The number of aromatic nitrogens is 1. The van der Waals surface area contributed by atoms with Crippen molar-refractivity contribution in [3.8, 4) is 0 Å². The fraction of sp³-hybridized carbons (Fsp3) is 0.762. The highest BCUT2D eigenvalue weighted by Gasteiger charge is 2.36. The summed E-state index contributed by atoms with van der Waals surface area (Å²) >= 11 is 1.55. The van der Waals surface area contributed by atoms with E-state index < -0.39 is 0 Å². The van der Waals surface area contributed by atoms with Gasteiger partial charge in [0.1, 0.15) is 0 Å². The molecule has 28 heavy (non-hydrogen) atoms. The zero-order valence-electron chi connectivity index (χ0n) is 17.4. The summed E-state index contributed by atoms with van der Waals surface area (Å²) in [7, 11) is 0. The Labute approximate surface area is 172 Å². The Balaban J connectivity index is 1.63. The van der Waals surface area contributed by atoms with Crippen molar-refractivity contribution in [3.63, 3.8) is 0 Å². The van der Waals surface area contributed by atoms with Crippen LogP contribution in [0.4, 0.5) is 5.13 Å². The molecule has 2 amide bonds. The molecule has 6 nitrogen and oxygen atoms in total. The average molecular weight is 407 g/mol. The lowest BCUT2D eigenvalue weighted by Gasteiger charge is -2.39. The van der Waals surface area contributed by atoms with Crippen LogP contribution in [0.25, 0.3) is 0 Å². The number of rotatable bonds is 6. The number of anilines is 1. The highest BCUT2D eigenvalue weighted by Crippen LogP contribution is 2.30. The standard InChI is InChI=1S/C21H34N4O2S/c1-15(2)23-19(26)17-9-12-24(13-10-17)16(3)20(27)25(21-22-11-14-28-21)18-7-5-4-6-8-18/h11,14-18H,4-10,12-13H2,1-3H3,(H,23,26). The molecular weight excluding hydrogens is 372 g/mol. The van der Waals surface area contributed by atoms with Crippen molar-refractivity contribution in [1.82, 2.24) is 15.2 Å². The number of nitrogens with one attached hydrogen (secondary N) is 1. The molecule has 2 heterocycles. The van der Waals surface area contributed by atoms with Crippen LogP contribution < -0.4 is 10.2 Å². The van der Waals surface area contributed by atoms with Crippen LogP contribution in [0.2, 0.25) is 0 Å². The third-order valence-corrected chi connectivity index (χ3v) is 6.81. The summed E-state index contributed by atoms with van der Waals surface area (Å²) in [6, 6.07) is 0.262. The SMILES string of the molecule is CC(C)NC(=O)C1CCN(C(C)C(=O)N(c2nccs2)C2CCCCC2)CC1. The average Bonchev–Trinajstić information content (AvgIpc) is 3.22. The number of likely N-dealkylation sites (tertiary alicyclic amines) is 1. The maximum absolute atomic E-state index is 13.5. The van der Waals surface area contributed by atoms with Crippen molar-refractivity contribution in [1.29, 1.82) is 0 Å². The van der Waals surface area contributed by atoms with Gasteiger partial charge in [0.15, 0.2) is 5.13 Å². The van der Waals surface area contributed by atoms with Gasteiger partial charge in [0.25, 0.3) is 0 Å². The summed E-state index contributed by atoms with van der Waals surface area (Å²) in [6.45, 7) is 7.58. The summed E-state index contributed by atoms with van der Waals surface area (Å²) in [4.78, 5) is 34.4. The molecule has 3 rings (SSSR count). The van der Waals surface area contributed by atoms with Crippen molar-refractivity contribution >= 4 is 28.3 Å². The third-order valence-electron chi connectivity index (χ3n) is 6.04. The van der Waals surface area contributed by atoms with Gasteiger partial charge in [-0.15, -0.1) is 11.3 Å². The van der Waals surface area contributed by atoms with Crippen LogP contribution in [-0.2, 0) is 9.59 Å². The fourth-order valence-corrected chi connectivity index (χ4v) is 5.13.